The molecule has 1 amide bonds. The number of hydrogen-bond donors (Lipinski definition) is 2. The Morgan fingerprint density at radius 2 is 1.05 bits per heavy atom. The number of carboxylic acid groups (broad SMARTS) is 1. The van der Waals surface area contributed by atoms with Gasteiger partial charge in [0.1, 0.15) is 22.9 Å². The number of benzene rings is 3. The molecule has 0 aliphatic carbocycles. The van der Waals surface area contributed by atoms with Gasteiger partial charge in [0.25, 0.3) is 5.91 Å². The monoisotopic (exact) mass is 565 g/mol. The molecule has 11 heteroatoms. The zero-order valence-electron chi connectivity index (χ0n) is 23.0. The third-order valence-corrected chi connectivity index (χ3v) is 6.01. The van der Waals surface area contributed by atoms with Gasteiger partial charge in [-0.3, -0.25) is 14.8 Å². The SMILES string of the molecule is COc1ccc(-c2ncc(C(=O)O)nc2-c2ccc(OC)cc2)cc1.COc1ccc(-c2nccnc2C(N)=O)cc1. The maximum absolute atomic E-state index is 11.3. The number of aromatic nitrogens is 4. The van der Waals surface area contributed by atoms with Gasteiger partial charge in [0.05, 0.1) is 38.9 Å². The van der Waals surface area contributed by atoms with Crippen molar-refractivity contribution in [1.29, 1.82) is 0 Å². The standard InChI is InChI=1S/C19H16N2O4.C12H11N3O2/c1-24-14-7-3-12(4-8-14)17-18(21-16(11-20-17)19(22)23)13-5-9-15(25-2)10-6-13;1-17-9-4-2-8(3-5-9)10-11(12(13)16)15-7-6-14-10/h3-11H,1-2H3,(H,22,23);2-7H,1H3,(H2,13,16). The summed E-state index contributed by atoms with van der Waals surface area (Å²) in [7, 11) is 4.77. The van der Waals surface area contributed by atoms with Crippen LogP contribution >= 0.6 is 0 Å². The third-order valence-electron chi connectivity index (χ3n) is 6.01. The van der Waals surface area contributed by atoms with Gasteiger partial charge in [-0.25, -0.2) is 14.8 Å². The van der Waals surface area contributed by atoms with Crippen LogP contribution in [0.3, 0.4) is 0 Å². The molecule has 0 unspecified atom stereocenters. The Kier molecular flexibility index (Phi) is 9.36. The number of amides is 1. The van der Waals surface area contributed by atoms with Crippen LogP contribution in [0.15, 0.2) is 91.4 Å². The highest BCUT2D eigenvalue weighted by atomic mass is 16.5. The molecule has 5 rings (SSSR count). The van der Waals surface area contributed by atoms with E-state index < -0.39 is 11.9 Å². The minimum atomic E-state index is -1.12. The predicted octanol–water partition coefficient (Wildman–Crippen LogP) is 4.78. The summed E-state index contributed by atoms with van der Waals surface area (Å²) in [5.41, 5.74) is 9.20. The molecule has 42 heavy (non-hydrogen) atoms. The number of hydrogen-bond acceptors (Lipinski definition) is 9. The third kappa shape index (κ3) is 6.83. The highest BCUT2D eigenvalue weighted by Crippen LogP contribution is 2.31. The summed E-state index contributed by atoms with van der Waals surface area (Å²) in [6.07, 6.45) is 4.22. The molecule has 0 atom stereocenters. The van der Waals surface area contributed by atoms with Crippen molar-refractivity contribution < 1.29 is 28.9 Å². The molecule has 3 aromatic carbocycles. The van der Waals surface area contributed by atoms with Gasteiger partial charge in [-0.2, -0.15) is 0 Å². The van der Waals surface area contributed by atoms with Gasteiger partial charge in [0, 0.05) is 29.1 Å². The number of carboxylic acids is 1. The summed E-state index contributed by atoms with van der Waals surface area (Å²) in [5.74, 6) is 0.452. The Morgan fingerprint density at radius 3 is 1.48 bits per heavy atom. The van der Waals surface area contributed by atoms with Gasteiger partial charge < -0.3 is 25.1 Å². The Labute approximate surface area is 241 Å². The van der Waals surface area contributed by atoms with Crippen molar-refractivity contribution in [3.63, 3.8) is 0 Å². The van der Waals surface area contributed by atoms with Crippen molar-refractivity contribution in [2.24, 2.45) is 5.73 Å². The predicted molar refractivity (Wildman–Crippen MR) is 156 cm³/mol. The average Bonchev–Trinajstić information content (AvgIpc) is 3.05. The van der Waals surface area contributed by atoms with Crippen LogP contribution in [0.1, 0.15) is 21.0 Å². The average molecular weight is 566 g/mol. The highest BCUT2D eigenvalue weighted by molar-refractivity contribution is 5.96. The molecule has 212 valence electrons. The molecule has 5 aromatic rings. The molecule has 11 nitrogen and oxygen atoms in total. The number of primary amides is 1. The van der Waals surface area contributed by atoms with Crippen LogP contribution in [0.5, 0.6) is 17.2 Å². The van der Waals surface area contributed by atoms with Crippen LogP contribution < -0.4 is 19.9 Å². The molecular formula is C31H27N5O6. The molecule has 0 spiro atoms. The Hall–Kier alpha value is -5.84. The fourth-order valence-electron chi connectivity index (χ4n) is 3.88. The highest BCUT2D eigenvalue weighted by Gasteiger charge is 2.16. The van der Waals surface area contributed by atoms with E-state index in [1.54, 1.807) is 57.7 Å². The molecule has 0 bridgehead atoms. The van der Waals surface area contributed by atoms with Crippen LogP contribution in [0.25, 0.3) is 33.8 Å². The number of nitrogens with two attached hydrogens (primary N) is 1. The molecule has 0 fully saturated rings. The second kappa shape index (κ2) is 13.5. The van der Waals surface area contributed by atoms with Gasteiger partial charge in [-0.15, -0.1) is 0 Å². The largest absolute Gasteiger partial charge is 0.497 e. The van der Waals surface area contributed by atoms with E-state index in [1.807, 2.05) is 36.4 Å². The van der Waals surface area contributed by atoms with E-state index in [-0.39, 0.29) is 11.4 Å². The van der Waals surface area contributed by atoms with Gasteiger partial charge in [0.2, 0.25) is 0 Å². The smallest absolute Gasteiger partial charge is 0.356 e. The van der Waals surface area contributed by atoms with Crippen LogP contribution in [0, 0.1) is 0 Å². The van der Waals surface area contributed by atoms with E-state index in [9.17, 15) is 14.7 Å². The van der Waals surface area contributed by atoms with Gasteiger partial charge in [-0.05, 0) is 72.8 Å². The van der Waals surface area contributed by atoms with Crippen molar-refractivity contribution >= 4 is 11.9 Å². The zero-order valence-corrected chi connectivity index (χ0v) is 23.0. The van der Waals surface area contributed by atoms with Crippen molar-refractivity contribution in [3.05, 3.63) is 103 Å². The van der Waals surface area contributed by atoms with Crippen molar-refractivity contribution in [1.82, 2.24) is 19.9 Å². The second-order valence-corrected chi connectivity index (χ2v) is 8.56. The normalized spacial score (nSPS) is 10.2. The zero-order chi connectivity index (χ0) is 30.1. The second-order valence-electron chi connectivity index (χ2n) is 8.56. The lowest BCUT2D eigenvalue weighted by Crippen LogP contribution is -2.15. The van der Waals surface area contributed by atoms with Gasteiger partial charge in [0.15, 0.2) is 11.4 Å². The van der Waals surface area contributed by atoms with E-state index in [4.69, 9.17) is 19.9 Å². The fourth-order valence-corrected chi connectivity index (χ4v) is 3.88. The topological polar surface area (TPSA) is 160 Å². The quantitative estimate of drug-likeness (QED) is 0.268. The number of rotatable bonds is 8. The van der Waals surface area contributed by atoms with E-state index >= 15 is 0 Å². The first-order chi connectivity index (χ1) is 20.3. The van der Waals surface area contributed by atoms with Crippen LogP contribution in [-0.2, 0) is 0 Å². The molecule has 0 radical (unpaired) electrons. The molecule has 2 aromatic heterocycles. The maximum atomic E-state index is 11.3. The molecule has 2 heterocycles. The molecule has 3 N–H and O–H groups in total. The van der Waals surface area contributed by atoms with Crippen LogP contribution in [-0.4, -0.2) is 58.2 Å². The number of aromatic carboxylic acids is 1. The number of carbonyl (C=O) groups is 2. The first-order valence-corrected chi connectivity index (χ1v) is 12.5. The fraction of sp³-hybridized carbons (Fsp3) is 0.0968. The van der Waals surface area contributed by atoms with Crippen LogP contribution in [0.2, 0.25) is 0 Å². The van der Waals surface area contributed by atoms with Crippen molar-refractivity contribution in [3.8, 4) is 51.0 Å². The Balaban J connectivity index is 0.000000208. The summed E-state index contributed by atoms with van der Waals surface area (Å²) in [6.45, 7) is 0. The molecule has 0 aliphatic heterocycles. The number of methoxy groups -OCH3 is 3. The Morgan fingerprint density at radius 1 is 0.619 bits per heavy atom. The number of ether oxygens (including phenoxy) is 3. The summed E-state index contributed by atoms with van der Waals surface area (Å²) >= 11 is 0. The molecule has 0 aliphatic rings. The summed E-state index contributed by atoms with van der Waals surface area (Å²) in [6, 6.07) is 21.8. The number of nitrogens with zero attached hydrogens (tertiary/aromatic N) is 4. The summed E-state index contributed by atoms with van der Waals surface area (Å²) < 4.78 is 15.4. The lowest BCUT2D eigenvalue weighted by atomic mass is 10.0. The first kappa shape index (κ1) is 29.2. The lowest BCUT2D eigenvalue weighted by molar-refractivity contribution is 0.0690. The Bertz CT molecular complexity index is 1670. The summed E-state index contributed by atoms with van der Waals surface area (Å²) in [5, 5.41) is 9.23. The lowest BCUT2D eigenvalue weighted by Gasteiger charge is -2.10. The molecule has 0 saturated heterocycles. The minimum absolute atomic E-state index is 0.108. The first-order valence-electron chi connectivity index (χ1n) is 12.5. The van der Waals surface area contributed by atoms with Gasteiger partial charge in [-0.1, -0.05) is 0 Å². The molecule has 0 saturated carbocycles. The van der Waals surface area contributed by atoms with Crippen molar-refractivity contribution in [2.45, 2.75) is 0 Å². The van der Waals surface area contributed by atoms with E-state index in [2.05, 4.69) is 19.9 Å². The summed E-state index contributed by atoms with van der Waals surface area (Å²) in [4.78, 5) is 39.2. The maximum Gasteiger partial charge on any atom is 0.356 e. The number of carbonyl (C=O) groups excluding carboxylic acids is 1. The van der Waals surface area contributed by atoms with E-state index in [1.165, 1.54) is 18.6 Å². The van der Waals surface area contributed by atoms with Crippen molar-refractivity contribution in [2.75, 3.05) is 21.3 Å². The minimum Gasteiger partial charge on any atom is -0.497 e. The van der Waals surface area contributed by atoms with Gasteiger partial charge >= 0.3 is 5.97 Å². The van der Waals surface area contributed by atoms with E-state index in [0.29, 0.717) is 22.8 Å². The van der Waals surface area contributed by atoms with E-state index in [0.717, 1.165) is 28.2 Å². The van der Waals surface area contributed by atoms with Crippen LogP contribution in [0.4, 0.5) is 0 Å². The molecular weight excluding hydrogens is 538 g/mol.